The molecule has 1 aliphatic heterocycles. The van der Waals surface area contributed by atoms with E-state index in [2.05, 4.69) is 4.40 Å². The van der Waals surface area contributed by atoms with Gasteiger partial charge in [-0.15, -0.1) is 4.40 Å². The summed E-state index contributed by atoms with van der Waals surface area (Å²) >= 11 is 7.23. The Hall–Kier alpha value is -3.31. The molecular weight excluding hydrogens is 560 g/mol. The third-order valence-corrected chi connectivity index (χ3v) is 8.46. The lowest BCUT2D eigenvalue weighted by Gasteiger charge is -2.15. The van der Waals surface area contributed by atoms with Gasteiger partial charge in [0.05, 0.1) is 16.9 Å². The van der Waals surface area contributed by atoms with E-state index in [-0.39, 0.29) is 29.1 Å². The summed E-state index contributed by atoms with van der Waals surface area (Å²) in [6, 6.07) is 20.6. The Balaban J connectivity index is 1.59. The van der Waals surface area contributed by atoms with Crippen molar-refractivity contribution in [3.63, 3.8) is 0 Å². The summed E-state index contributed by atoms with van der Waals surface area (Å²) in [5.41, 5.74) is 1.52. The number of benzene rings is 3. The first-order valence-corrected chi connectivity index (χ1v) is 14.6. The van der Waals surface area contributed by atoms with Gasteiger partial charge in [-0.25, -0.2) is 0 Å². The summed E-state index contributed by atoms with van der Waals surface area (Å²) in [7, 11) is -0.913. The lowest BCUT2D eigenvalue weighted by molar-refractivity contribution is -0.122. The predicted octanol–water partition coefficient (Wildman–Crippen LogP) is 5.63. The van der Waals surface area contributed by atoms with Gasteiger partial charge in [-0.05, 0) is 60.2 Å². The zero-order valence-electron chi connectivity index (χ0n) is 21.4. The Morgan fingerprint density at radius 2 is 1.74 bits per heavy atom. The van der Waals surface area contributed by atoms with Crippen LogP contribution in [0.5, 0.6) is 11.5 Å². The first-order valence-electron chi connectivity index (χ1n) is 12.0. The fraction of sp³-hybridized carbons (Fsp3) is 0.214. The van der Waals surface area contributed by atoms with E-state index < -0.39 is 10.0 Å². The first kappa shape index (κ1) is 28.7. The van der Waals surface area contributed by atoms with Gasteiger partial charge in [0, 0.05) is 30.8 Å². The molecule has 4 rings (SSSR count). The number of sulfonamides is 1. The molecule has 0 aromatic heterocycles. The second-order valence-electron chi connectivity index (χ2n) is 8.37. The third-order valence-electron chi connectivity index (χ3n) is 5.68. The third kappa shape index (κ3) is 7.21. The van der Waals surface area contributed by atoms with Crippen LogP contribution in [0.3, 0.4) is 0 Å². The van der Waals surface area contributed by atoms with Crippen LogP contribution in [0.1, 0.15) is 17.5 Å². The van der Waals surface area contributed by atoms with Crippen LogP contribution in [0, 0.1) is 0 Å². The van der Waals surface area contributed by atoms with Crippen molar-refractivity contribution in [1.82, 2.24) is 4.90 Å². The van der Waals surface area contributed by atoms with Gasteiger partial charge in [0.1, 0.15) is 6.61 Å². The van der Waals surface area contributed by atoms with Crippen LogP contribution in [0.25, 0.3) is 6.08 Å². The average molecular weight is 587 g/mol. The Kier molecular flexibility index (Phi) is 9.68. The average Bonchev–Trinajstić information content (AvgIpc) is 3.22. The molecular formula is C28H27ClN2O6S2. The molecule has 204 valence electrons. The molecule has 0 unspecified atom stereocenters. The van der Waals surface area contributed by atoms with E-state index in [4.69, 9.17) is 25.8 Å². The molecule has 3 aromatic rings. The zero-order valence-corrected chi connectivity index (χ0v) is 23.8. The fourth-order valence-corrected chi connectivity index (χ4v) is 6.12. The van der Waals surface area contributed by atoms with Crippen LogP contribution in [0.4, 0.5) is 0 Å². The lowest BCUT2D eigenvalue weighted by atomic mass is 10.1. The number of rotatable bonds is 11. The minimum atomic E-state index is -4.01. The molecule has 1 saturated heterocycles. The Morgan fingerprint density at radius 3 is 2.46 bits per heavy atom. The van der Waals surface area contributed by atoms with Crippen molar-refractivity contribution < 1.29 is 27.4 Å². The normalized spacial score (nSPS) is 15.8. The predicted molar refractivity (Wildman–Crippen MR) is 154 cm³/mol. The second-order valence-corrected chi connectivity index (χ2v) is 11.4. The van der Waals surface area contributed by atoms with E-state index in [1.807, 2.05) is 18.2 Å². The maximum absolute atomic E-state index is 13.3. The molecule has 0 radical (unpaired) electrons. The summed E-state index contributed by atoms with van der Waals surface area (Å²) in [5.74, 6) is 0.655. The lowest BCUT2D eigenvalue weighted by Crippen LogP contribution is -2.31. The number of methoxy groups -OCH3 is 2. The number of thioether (sulfide) groups is 1. The molecule has 8 nitrogen and oxygen atoms in total. The van der Waals surface area contributed by atoms with Crippen molar-refractivity contribution in [2.45, 2.75) is 17.9 Å². The fourth-order valence-electron chi connectivity index (χ4n) is 3.70. The van der Waals surface area contributed by atoms with Gasteiger partial charge in [0.25, 0.3) is 15.9 Å². The van der Waals surface area contributed by atoms with Crippen molar-refractivity contribution in [2.75, 3.05) is 27.4 Å². The van der Waals surface area contributed by atoms with Crippen molar-refractivity contribution in [1.29, 1.82) is 0 Å². The highest BCUT2D eigenvalue weighted by Crippen LogP contribution is 2.36. The molecule has 3 aromatic carbocycles. The maximum atomic E-state index is 13.3. The highest BCUT2D eigenvalue weighted by molar-refractivity contribution is 8.19. The molecule has 0 atom stereocenters. The number of hydrogen-bond donors (Lipinski definition) is 0. The second kappa shape index (κ2) is 13.2. The molecule has 0 N–H and O–H groups in total. The molecule has 1 fully saturated rings. The zero-order chi connectivity index (χ0) is 27.8. The first-order chi connectivity index (χ1) is 18.8. The molecule has 1 amide bonds. The number of carbonyl (C=O) groups is 1. The van der Waals surface area contributed by atoms with Crippen LogP contribution in [-0.4, -0.2) is 51.8 Å². The summed E-state index contributed by atoms with van der Waals surface area (Å²) in [6.07, 6.45) is 2.19. The van der Waals surface area contributed by atoms with Crippen LogP contribution in [-0.2, 0) is 26.2 Å². The van der Waals surface area contributed by atoms with Crippen LogP contribution in [0.15, 0.2) is 87.0 Å². The molecule has 1 aliphatic rings. The van der Waals surface area contributed by atoms with Crippen molar-refractivity contribution in [3.8, 4) is 11.5 Å². The number of hydrogen-bond acceptors (Lipinski definition) is 7. The Bertz CT molecular complexity index is 1490. The smallest absolute Gasteiger partial charge is 0.284 e. The van der Waals surface area contributed by atoms with Crippen molar-refractivity contribution >= 4 is 50.5 Å². The molecule has 11 heteroatoms. The number of amides is 1. The van der Waals surface area contributed by atoms with E-state index in [0.717, 1.165) is 17.3 Å². The van der Waals surface area contributed by atoms with E-state index in [9.17, 15) is 13.2 Å². The number of ether oxygens (including phenoxy) is 3. The molecule has 0 bridgehead atoms. The number of amidine groups is 1. The summed E-state index contributed by atoms with van der Waals surface area (Å²) in [6.45, 7) is 0.939. The van der Waals surface area contributed by atoms with Crippen LogP contribution in [0.2, 0.25) is 5.02 Å². The van der Waals surface area contributed by atoms with E-state index in [1.165, 1.54) is 24.1 Å². The van der Waals surface area contributed by atoms with Gasteiger partial charge in [-0.1, -0.05) is 54.1 Å². The minimum absolute atomic E-state index is 0.0527. The van der Waals surface area contributed by atoms with Crippen LogP contribution < -0.4 is 9.47 Å². The number of nitrogens with zero attached hydrogens (tertiary/aromatic N) is 2. The molecule has 0 aliphatic carbocycles. The number of halogens is 1. The summed E-state index contributed by atoms with van der Waals surface area (Å²) in [5, 5.41) is 0.703. The standard InChI is InChI=1S/C28H27ClN2O6S2/c1-35-16-8-15-31-27(32)26(38-28(31)30-39(33,34)22-10-4-3-5-11-22)18-20-13-14-24(25(17-20)36-2)37-19-21-9-6-7-12-23(21)29/h3-7,9-14,17-18H,8,15-16,19H2,1-2H3. The van der Waals surface area contributed by atoms with Gasteiger partial charge < -0.3 is 14.2 Å². The molecule has 1 heterocycles. The largest absolute Gasteiger partial charge is 0.493 e. The topological polar surface area (TPSA) is 94.5 Å². The quantitative estimate of drug-likeness (QED) is 0.212. The van der Waals surface area contributed by atoms with Gasteiger partial charge in [0.2, 0.25) is 0 Å². The van der Waals surface area contributed by atoms with Gasteiger partial charge in [-0.2, -0.15) is 8.42 Å². The highest BCUT2D eigenvalue weighted by atomic mass is 35.5. The minimum Gasteiger partial charge on any atom is -0.493 e. The van der Waals surface area contributed by atoms with E-state index in [1.54, 1.807) is 55.7 Å². The van der Waals surface area contributed by atoms with Gasteiger partial charge in [0.15, 0.2) is 16.7 Å². The molecule has 39 heavy (non-hydrogen) atoms. The van der Waals surface area contributed by atoms with Crippen LogP contribution >= 0.6 is 23.4 Å². The Labute approximate surface area is 237 Å². The maximum Gasteiger partial charge on any atom is 0.284 e. The van der Waals surface area contributed by atoms with Gasteiger partial charge >= 0.3 is 0 Å². The Morgan fingerprint density at radius 1 is 1.00 bits per heavy atom. The summed E-state index contributed by atoms with van der Waals surface area (Å²) in [4.78, 5) is 15.1. The molecule has 0 spiro atoms. The number of carbonyl (C=O) groups excluding carboxylic acids is 1. The van der Waals surface area contributed by atoms with Crippen molar-refractivity contribution in [2.24, 2.45) is 4.40 Å². The SMILES string of the molecule is COCCCN1C(=O)C(=Cc2ccc(OCc3ccccc3Cl)c(OC)c2)SC1=NS(=O)(=O)c1ccccc1. The highest BCUT2D eigenvalue weighted by Gasteiger charge is 2.34. The van der Waals surface area contributed by atoms with E-state index in [0.29, 0.717) is 40.0 Å². The molecule has 0 saturated carbocycles. The monoisotopic (exact) mass is 586 g/mol. The summed E-state index contributed by atoms with van der Waals surface area (Å²) < 4.78 is 46.4. The van der Waals surface area contributed by atoms with E-state index >= 15 is 0 Å². The van der Waals surface area contributed by atoms with Crippen molar-refractivity contribution in [3.05, 3.63) is 93.9 Å². The van der Waals surface area contributed by atoms with Gasteiger partial charge in [-0.3, -0.25) is 9.69 Å².